The van der Waals surface area contributed by atoms with Crippen LogP contribution in [0.5, 0.6) is 5.75 Å². The van der Waals surface area contributed by atoms with Crippen LogP contribution in [0.2, 0.25) is 5.02 Å². The van der Waals surface area contributed by atoms with Crippen LogP contribution in [0.25, 0.3) is 0 Å². The molecule has 0 saturated carbocycles. The topological polar surface area (TPSA) is 67.4 Å². The van der Waals surface area contributed by atoms with Gasteiger partial charge in [0.25, 0.3) is 11.8 Å². The van der Waals surface area contributed by atoms with Crippen LogP contribution >= 0.6 is 11.6 Å². The summed E-state index contributed by atoms with van der Waals surface area (Å²) in [6.07, 6.45) is -0.740. The van der Waals surface area contributed by atoms with Crippen LogP contribution in [0, 0.1) is 13.8 Å². The number of benzene rings is 3. The summed E-state index contributed by atoms with van der Waals surface area (Å²) >= 11 is 6.22. The quantitative estimate of drug-likeness (QED) is 0.542. The smallest absolute Gasteiger partial charge is 0.265 e. The third kappa shape index (κ3) is 5.61. The number of carbonyl (C=O) groups is 2. The van der Waals surface area contributed by atoms with Crippen LogP contribution < -0.4 is 15.4 Å². The minimum Gasteiger partial charge on any atom is -0.481 e. The minimum absolute atomic E-state index is 0.291. The van der Waals surface area contributed by atoms with Gasteiger partial charge in [-0.05, 0) is 74.4 Å². The lowest BCUT2D eigenvalue weighted by molar-refractivity contribution is -0.122. The average Bonchev–Trinajstić information content (AvgIpc) is 2.69. The normalized spacial score (nSPS) is 11.5. The number of para-hydroxylation sites is 1. The average molecular weight is 423 g/mol. The fourth-order valence-corrected chi connectivity index (χ4v) is 3.17. The lowest BCUT2D eigenvalue weighted by Crippen LogP contribution is -2.30. The molecule has 0 aromatic heterocycles. The van der Waals surface area contributed by atoms with Gasteiger partial charge in [0.15, 0.2) is 6.10 Å². The van der Waals surface area contributed by atoms with Crippen molar-refractivity contribution in [2.24, 2.45) is 0 Å². The second-order valence-corrected chi connectivity index (χ2v) is 7.49. The standard InChI is InChI=1S/C24H23ClN2O3/c1-15-11-16(2)13-19(12-15)26-24(29)18-9-10-21(25)22(14-18)27-23(28)17(3)30-20-7-5-4-6-8-20/h4-14,17H,1-3H3,(H,26,29)(H,27,28)/t17-/m1/s1. The van der Waals surface area contributed by atoms with E-state index in [9.17, 15) is 9.59 Å². The van der Waals surface area contributed by atoms with Crippen molar-refractivity contribution in [1.29, 1.82) is 0 Å². The molecule has 0 bridgehead atoms. The molecule has 1 atom stereocenters. The van der Waals surface area contributed by atoms with Crippen LogP contribution in [-0.4, -0.2) is 17.9 Å². The molecule has 0 aliphatic heterocycles. The molecular formula is C24H23ClN2O3. The first-order valence-electron chi connectivity index (χ1n) is 9.53. The van der Waals surface area contributed by atoms with E-state index < -0.39 is 6.10 Å². The predicted octanol–water partition coefficient (Wildman–Crippen LogP) is 5.62. The third-order valence-electron chi connectivity index (χ3n) is 4.39. The van der Waals surface area contributed by atoms with Gasteiger partial charge >= 0.3 is 0 Å². The van der Waals surface area contributed by atoms with Crippen LogP contribution in [0.3, 0.4) is 0 Å². The molecule has 0 spiro atoms. The Labute approximate surface area is 181 Å². The van der Waals surface area contributed by atoms with Crippen molar-refractivity contribution >= 4 is 34.8 Å². The van der Waals surface area contributed by atoms with Gasteiger partial charge in [0, 0.05) is 11.3 Å². The molecule has 3 aromatic rings. The molecule has 0 radical (unpaired) electrons. The Bertz CT molecular complexity index is 1050. The lowest BCUT2D eigenvalue weighted by atomic mass is 10.1. The molecule has 154 valence electrons. The van der Waals surface area contributed by atoms with E-state index in [1.807, 2.05) is 50.2 Å². The largest absolute Gasteiger partial charge is 0.481 e. The first kappa shape index (κ1) is 21.4. The van der Waals surface area contributed by atoms with Gasteiger partial charge in [-0.2, -0.15) is 0 Å². The molecule has 2 amide bonds. The molecule has 5 nitrogen and oxygen atoms in total. The van der Waals surface area contributed by atoms with Crippen LogP contribution in [0.1, 0.15) is 28.4 Å². The van der Waals surface area contributed by atoms with E-state index in [4.69, 9.17) is 16.3 Å². The molecule has 0 saturated heterocycles. The number of nitrogens with one attached hydrogen (secondary N) is 2. The van der Waals surface area contributed by atoms with E-state index >= 15 is 0 Å². The van der Waals surface area contributed by atoms with Crippen molar-refractivity contribution < 1.29 is 14.3 Å². The Balaban J connectivity index is 1.71. The van der Waals surface area contributed by atoms with Gasteiger partial charge in [-0.3, -0.25) is 9.59 Å². The van der Waals surface area contributed by atoms with Crippen molar-refractivity contribution in [1.82, 2.24) is 0 Å². The molecule has 0 unspecified atom stereocenters. The van der Waals surface area contributed by atoms with E-state index in [1.54, 1.807) is 37.3 Å². The maximum absolute atomic E-state index is 12.7. The SMILES string of the molecule is Cc1cc(C)cc(NC(=O)c2ccc(Cl)c(NC(=O)[C@@H](C)Oc3ccccc3)c2)c1. The van der Waals surface area contributed by atoms with Crippen LogP contribution in [0.15, 0.2) is 66.7 Å². The molecule has 0 aliphatic rings. The van der Waals surface area contributed by atoms with E-state index in [0.717, 1.165) is 11.1 Å². The first-order valence-corrected chi connectivity index (χ1v) is 9.91. The Morgan fingerprint density at radius 3 is 2.23 bits per heavy atom. The maximum atomic E-state index is 12.7. The molecule has 3 aromatic carbocycles. The molecule has 0 heterocycles. The number of rotatable bonds is 6. The number of halogens is 1. The highest BCUT2D eigenvalue weighted by molar-refractivity contribution is 6.34. The minimum atomic E-state index is -0.740. The highest BCUT2D eigenvalue weighted by Crippen LogP contribution is 2.25. The van der Waals surface area contributed by atoms with Crippen LogP contribution in [0.4, 0.5) is 11.4 Å². The van der Waals surface area contributed by atoms with Gasteiger partial charge < -0.3 is 15.4 Å². The summed E-state index contributed by atoms with van der Waals surface area (Å²) in [5.41, 5.74) is 3.55. The van der Waals surface area contributed by atoms with Gasteiger partial charge in [-0.25, -0.2) is 0 Å². The van der Waals surface area contributed by atoms with Gasteiger partial charge in [0.1, 0.15) is 5.75 Å². The van der Waals surface area contributed by atoms with E-state index in [2.05, 4.69) is 10.6 Å². The zero-order valence-electron chi connectivity index (χ0n) is 17.0. The lowest BCUT2D eigenvalue weighted by Gasteiger charge is -2.16. The summed E-state index contributed by atoms with van der Waals surface area (Å²) in [7, 11) is 0. The van der Waals surface area contributed by atoms with Crippen molar-refractivity contribution in [3.05, 3.63) is 88.4 Å². The zero-order chi connectivity index (χ0) is 21.7. The monoisotopic (exact) mass is 422 g/mol. The van der Waals surface area contributed by atoms with Crippen LogP contribution in [-0.2, 0) is 4.79 Å². The van der Waals surface area contributed by atoms with Gasteiger partial charge in [0.05, 0.1) is 10.7 Å². The van der Waals surface area contributed by atoms with Gasteiger partial charge in [-0.15, -0.1) is 0 Å². The van der Waals surface area contributed by atoms with E-state index in [-0.39, 0.29) is 11.8 Å². The predicted molar refractivity (Wildman–Crippen MR) is 120 cm³/mol. The molecule has 0 fully saturated rings. The molecule has 30 heavy (non-hydrogen) atoms. The fourth-order valence-electron chi connectivity index (χ4n) is 3.00. The molecule has 6 heteroatoms. The van der Waals surface area contributed by atoms with Gasteiger partial charge in [-0.1, -0.05) is 35.9 Å². The number of anilines is 2. The van der Waals surface area contributed by atoms with Crippen molar-refractivity contribution in [2.45, 2.75) is 26.9 Å². The second-order valence-electron chi connectivity index (χ2n) is 7.09. The Morgan fingerprint density at radius 2 is 1.57 bits per heavy atom. The van der Waals surface area contributed by atoms with Crippen molar-refractivity contribution in [3.63, 3.8) is 0 Å². The summed E-state index contributed by atoms with van der Waals surface area (Å²) in [5.74, 6) is -0.0683. The number of amides is 2. The number of hydrogen-bond acceptors (Lipinski definition) is 3. The van der Waals surface area contributed by atoms with Gasteiger partial charge in [0.2, 0.25) is 0 Å². The molecule has 3 rings (SSSR count). The summed E-state index contributed by atoms with van der Waals surface area (Å²) in [4.78, 5) is 25.2. The highest BCUT2D eigenvalue weighted by Gasteiger charge is 2.17. The zero-order valence-corrected chi connectivity index (χ0v) is 17.8. The summed E-state index contributed by atoms with van der Waals surface area (Å²) in [5, 5.41) is 5.94. The van der Waals surface area contributed by atoms with Crippen molar-refractivity contribution in [2.75, 3.05) is 10.6 Å². The summed E-state index contributed by atoms with van der Waals surface area (Å²) < 4.78 is 5.63. The Kier molecular flexibility index (Phi) is 6.75. The molecular weight excluding hydrogens is 400 g/mol. The molecule has 0 aliphatic carbocycles. The second kappa shape index (κ2) is 9.46. The summed E-state index contributed by atoms with van der Waals surface area (Å²) in [6, 6.07) is 19.6. The Morgan fingerprint density at radius 1 is 0.900 bits per heavy atom. The highest BCUT2D eigenvalue weighted by atomic mass is 35.5. The van der Waals surface area contributed by atoms with E-state index in [1.165, 1.54) is 0 Å². The fraction of sp³-hybridized carbons (Fsp3) is 0.167. The number of aryl methyl sites for hydroxylation is 2. The first-order chi connectivity index (χ1) is 14.3. The summed E-state index contributed by atoms with van der Waals surface area (Å²) in [6.45, 7) is 5.58. The number of carbonyl (C=O) groups excluding carboxylic acids is 2. The van der Waals surface area contributed by atoms with E-state index in [0.29, 0.717) is 27.7 Å². The molecule has 2 N–H and O–H groups in total. The number of ether oxygens (including phenoxy) is 1. The maximum Gasteiger partial charge on any atom is 0.265 e. The van der Waals surface area contributed by atoms with Crippen molar-refractivity contribution in [3.8, 4) is 5.75 Å². The third-order valence-corrected chi connectivity index (χ3v) is 4.72. The number of hydrogen-bond donors (Lipinski definition) is 2. The Hall–Kier alpha value is -3.31.